The van der Waals surface area contributed by atoms with Crippen LogP contribution in [-0.2, 0) is 13.2 Å². The van der Waals surface area contributed by atoms with Gasteiger partial charge in [-0.3, -0.25) is 9.48 Å². The molecule has 0 spiro atoms. The predicted molar refractivity (Wildman–Crippen MR) is 79.2 cm³/mol. The van der Waals surface area contributed by atoms with Crippen LogP contribution in [0, 0.1) is 0 Å². The molecule has 0 bridgehead atoms. The number of benzene rings is 1. The number of hydrogen-bond acceptors (Lipinski definition) is 4. The van der Waals surface area contributed by atoms with E-state index in [-0.39, 0.29) is 12.2 Å². The van der Waals surface area contributed by atoms with Crippen LogP contribution in [0.15, 0.2) is 41.5 Å². The third-order valence-electron chi connectivity index (χ3n) is 3.10. The average Bonchev–Trinajstić information content (AvgIpc) is 2.93. The third kappa shape index (κ3) is 2.94. The summed E-state index contributed by atoms with van der Waals surface area (Å²) in [6, 6.07) is 7.24. The van der Waals surface area contributed by atoms with E-state index in [4.69, 9.17) is 4.74 Å². The maximum atomic E-state index is 11.9. The highest BCUT2D eigenvalue weighted by Gasteiger charge is 2.05. The summed E-state index contributed by atoms with van der Waals surface area (Å²) in [7, 11) is 0. The molecule has 0 saturated heterocycles. The van der Waals surface area contributed by atoms with E-state index in [0.29, 0.717) is 22.5 Å². The van der Waals surface area contributed by atoms with Gasteiger partial charge in [-0.1, -0.05) is 19.1 Å². The SMILES string of the molecule is CCCn1cc(OCc2nc3ccccc3c(=O)[nH]2)cn1. The van der Waals surface area contributed by atoms with E-state index in [2.05, 4.69) is 22.0 Å². The van der Waals surface area contributed by atoms with Gasteiger partial charge < -0.3 is 9.72 Å². The molecule has 2 aromatic heterocycles. The second-order valence-electron chi connectivity index (χ2n) is 4.76. The molecular formula is C15H16N4O2. The Hall–Kier alpha value is -2.63. The van der Waals surface area contributed by atoms with Crippen molar-refractivity contribution in [1.29, 1.82) is 0 Å². The quantitative estimate of drug-likeness (QED) is 0.778. The molecule has 3 aromatic rings. The van der Waals surface area contributed by atoms with Crippen LogP contribution in [0.4, 0.5) is 0 Å². The van der Waals surface area contributed by atoms with Gasteiger partial charge in [0.2, 0.25) is 0 Å². The van der Waals surface area contributed by atoms with Crippen molar-refractivity contribution in [2.24, 2.45) is 0 Å². The molecule has 0 saturated carbocycles. The largest absolute Gasteiger partial charge is 0.482 e. The molecule has 0 radical (unpaired) electrons. The smallest absolute Gasteiger partial charge is 0.258 e. The van der Waals surface area contributed by atoms with Gasteiger partial charge in [0.25, 0.3) is 5.56 Å². The lowest BCUT2D eigenvalue weighted by Gasteiger charge is -2.04. The van der Waals surface area contributed by atoms with Gasteiger partial charge in [-0.25, -0.2) is 4.98 Å². The van der Waals surface area contributed by atoms with Gasteiger partial charge >= 0.3 is 0 Å². The molecule has 108 valence electrons. The van der Waals surface area contributed by atoms with Crippen LogP contribution in [0.2, 0.25) is 0 Å². The van der Waals surface area contributed by atoms with Gasteiger partial charge in [0.05, 0.1) is 23.3 Å². The molecule has 21 heavy (non-hydrogen) atoms. The van der Waals surface area contributed by atoms with Crippen LogP contribution in [0.3, 0.4) is 0 Å². The first kappa shape index (κ1) is 13.4. The molecule has 1 N–H and O–H groups in total. The highest BCUT2D eigenvalue weighted by atomic mass is 16.5. The van der Waals surface area contributed by atoms with Crippen LogP contribution in [0.5, 0.6) is 5.75 Å². The number of rotatable bonds is 5. The Balaban J connectivity index is 1.77. The van der Waals surface area contributed by atoms with Crippen molar-refractivity contribution in [3.63, 3.8) is 0 Å². The molecule has 0 fully saturated rings. The molecular weight excluding hydrogens is 268 g/mol. The first-order valence-electron chi connectivity index (χ1n) is 6.89. The van der Waals surface area contributed by atoms with Crippen molar-refractivity contribution >= 4 is 10.9 Å². The maximum Gasteiger partial charge on any atom is 0.258 e. The highest BCUT2D eigenvalue weighted by molar-refractivity contribution is 5.77. The van der Waals surface area contributed by atoms with Crippen LogP contribution < -0.4 is 10.3 Å². The zero-order valence-corrected chi connectivity index (χ0v) is 11.7. The van der Waals surface area contributed by atoms with Gasteiger partial charge in [0.15, 0.2) is 5.75 Å². The van der Waals surface area contributed by atoms with E-state index in [1.807, 2.05) is 29.1 Å². The molecule has 6 nitrogen and oxygen atoms in total. The number of nitrogens with one attached hydrogen (secondary N) is 1. The van der Waals surface area contributed by atoms with Crippen LogP contribution in [-0.4, -0.2) is 19.7 Å². The molecule has 0 aliphatic carbocycles. The Morgan fingerprint density at radius 2 is 2.19 bits per heavy atom. The summed E-state index contributed by atoms with van der Waals surface area (Å²) in [6.45, 7) is 3.15. The highest BCUT2D eigenvalue weighted by Crippen LogP contribution is 2.11. The summed E-state index contributed by atoms with van der Waals surface area (Å²) in [5.74, 6) is 1.17. The van der Waals surface area contributed by atoms with E-state index in [9.17, 15) is 4.79 Å². The van der Waals surface area contributed by atoms with E-state index < -0.39 is 0 Å². The summed E-state index contributed by atoms with van der Waals surface area (Å²) in [6.07, 6.45) is 4.51. The zero-order valence-electron chi connectivity index (χ0n) is 11.7. The molecule has 0 aliphatic heterocycles. The molecule has 1 aromatic carbocycles. The zero-order chi connectivity index (χ0) is 14.7. The average molecular weight is 284 g/mol. The second kappa shape index (κ2) is 5.78. The fourth-order valence-corrected chi connectivity index (χ4v) is 2.13. The first-order chi connectivity index (χ1) is 10.3. The molecule has 3 rings (SSSR count). The Kier molecular flexibility index (Phi) is 3.68. The minimum atomic E-state index is -0.152. The van der Waals surface area contributed by atoms with Crippen molar-refractivity contribution in [2.75, 3.05) is 0 Å². The van der Waals surface area contributed by atoms with E-state index in [1.165, 1.54) is 0 Å². The second-order valence-corrected chi connectivity index (χ2v) is 4.76. The molecule has 0 unspecified atom stereocenters. The Morgan fingerprint density at radius 3 is 3.05 bits per heavy atom. The van der Waals surface area contributed by atoms with Crippen molar-refractivity contribution < 1.29 is 4.74 Å². The van der Waals surface area contributed by atoms with Crippen molar-refractivity contribution in [2.45, 2.75) is 26.5 Å². The molecule has 0 aliphatic rings. The Morgan fingerprint density at radius 1 is 1.33 bits per heavy atom. The van der Waals surface area contributed by atoms with Crippen molar-refractivity contribution in [1.82, 2.24) is 19.7 Å². The van der Waals surface area contributed by atoms with Gasteiger partial charge in [-0.15, -0.1) is 0 Å². The topological polar surface area (TPSA) is 72.8 Å². The maximum absolute atomic E-state index is 11.9. The number of aromatic nitrogens is 4. The number of aryl methyl sites for hydroxylation is 1. The van der Waals surface area contributed by atoms with Gasteiger partial charge in [-0.2, -0.15) is 5.10 Å². The van der Waals surface area contributed by atoms with E-state index in [1.54, 1.807) is 12.3 Å². The lowest BCUT2D eigenvalue weighted by molar-refractivity contribution is 0.295. The first-order valence-corrected chi connectivity index (χ1v) is 6.89. The standard InChI is InChI=1S/C15H16N4O2/c1-2-7-19-9-11(8-16-19)21-10-14-17-13-6-4-3-5-12(13)15(20)18-14/h3-6,8-9H,2,7,10H2,1H3,(H,17,18,20). The van der Waals surface area contributed by atoms with E-state index in [0.717, 1.165) is 13.0 Å². The number of nitrogens with zero attached hydrogens (tertiary/aromatic N) is 3. The van der Waals surface area contributed by atoms with E-state index >= 15 is 0 Å². The summed E-state index contributed by atoms with van der Waals surface area (Å²) in [5, 5.41) is 4.77. The molecule has 0 atom stereocenters. The van der Waals surface area contributed by atoms with Gasteiger partial charge in [-0.05, 0) is 18.6 Å². The number of ether oxygens (including phenoxy) is 1. The number of para-hydroxylation sites is 1. The summed E-state index contributed by atoms with van der Waals surface area (Å²) < 4.78 is 7.43. The number of fused-ring (bicyclic) bond motifs is 1. The normalized spacial score (nSPS) is 10.9. The minimum Gasteiger partial charge on any atom is -0.482 e. The van der Waals surface area contributed by atoms with Crippen LogP contribution >= 0.6 is 0 Å². The summed E-state index contributed by atoms with van der Waals surface area (Å²) in [5.41, 5.74) is 0.516. The fourth-order valence-electron chi connectivity index (χ4n) is 2.13. The monoisotopic (exact) mass is 284 g/mol. The lowest BCUT2D eigenvalue weighted by Crippen LogP contribution is -2.13. The Bertz CT molecular complexity index is 807. The minimum absolute atomic E-state index is 0.152. The van der Waals surface area contributed by atoms with Crippen LogP contribution in [0.1, 0.15) is 19.2 Å². The van der Waals surface area contributed by atoms with Gasteiger partial charge in [0, 0.05) is 6.54 Å². The molecule has 2 heterocycles. The molecule has 0 amide bonds. The number of aromatic amines is 1. The van der Waals surface area contributed by atoms with Crippen molar-refractivity contribution in [3.8, 4) is 5.75 Å². The molecule has 6 heteroatoms. The summed E-state index contributed by atoms with van der Waals surface area (Å²) in [4.78, 5) is 19.1. The predicted octanol–water partition coefficient (Wildman–Crippen LogP) is 2.11. The van der Waals surface area contributed by atoms with Crippen molar-refractivity contribution in [3.05, 3.63) is 52.8 Å². The lowest BCUT2D eigenvalue weighted by atomic mass is 10.2. The summed E-state index contributed by atoms with van der Waals surface area (Å²) >= 11 is 0. The fraction of sp³-hybridized carbons (Fsp3) is 0.267. The number of H-pyrrole nitrogens is 1. The number of hydrogen-bond donors (Lipinski definition) is 1. The van der Waals surface area contributed by atoms with Gasteiger partial charge in [0.1, 0.15) is 12.4 Å². The van der Waals surface area contributed by atoms with Crippen LogP contribution in [0.25, 0.3) is 10.9 Å². The Labute approximate surface area is 121 Å². The third-order valence-corrected chi connectivity index (χ3v) is 3.10.